The number of furan rings is 1. The van der Waals surface area contributed by atoms with Gasteiger partial charge in [0, 0.05) is 44.1 Å². The molecule has 194 valence electrons. The van der Waals surface area contributed by atoms with Gasteiger partial charge >= 0.3 is 26.2 Å². The third-order valence-corrected chi connectivity index (χ3v) is 4.73. The van der Waals surface area contributed by atoms with Crippen LogP contribution in [0.4, 0.5) is 0 Å². The number of carboxylic acids is 3. The smallest absolute Gasteiger partial charge is 0.550 e. The quantitative estimate of drug-likeness (QED) is 0.0680. The number of nitrogens with zero attached hydrogens (tertiary/aromatic N) is 2. The van der Waals surface area contributed by atoms with E-state index in [1.807, 2.05) is 26.2 Å². The van der Waals surface area contributed by atoms with Crippen LogP contribution in [-0.4, -0.2) is 98.1 Å². The average molecular weight is 712 g/mol. The molecule has 0 spiro atoms. The van der Waals surface area contributed by atoms with Gasteiger partial charge in [0.05, 0.1) is 23.2 Å². The van der Waals surface area contributed by atoms with Gasteiger partial charge in [-0.05, 0) is 26.2 Å². The van der Waals surface area contributed by atoms with Crippen molar-refractivity contribution in [2.45, 2.75) is 30.7 Å². The van der Waals surface area contributed by atoms with E-state index < -0.39 is 41.3 Å². The molecule has 0 amide bonds. The van der Waals surface area contributed by atoms with Crippen molar-refractivity contribution in [3.05, 3.63) is 45.8 Å². The van der Waals surface area contributed by atoms with Gasteiger partial charge in [-0.15, -0.1) is 0 Å². The molecule has 0 saturated carbocycles. The van der Waals surface area contributed by atoms with Crippen LogP contribution in [0.15, 0.2) is 28.6 Å². The molecule has 1 aromatic heterocycles. The average Bonchev–Trinajstić information content (AvgIpc) is 3.12. The molecule has 0 aliphatic rings. The van der Waals surface area contributed by atoms with Crippen molar-refractivity contribution in [2.24, 2.45) is 0 Å². The Morgan fingerprint density at radius 1 is 1.17 bits per heavy atom. The van der Waals surface area contributed by atoms with Crippen LogP contribution in [0.5, 0.6) is 0 Å². The first-order chi connectivity index (χ1) is 15.8. The number of hydrogen-bond donors (Lipinski definition) is 3. The van der Waals surface area contributed by atoms with E-state index in [1.165, 1.54) is 0 Å². The van der Waals surface area contributed by atoms with Crippen molar-refractivity contribution in [3.63, 3.8) is 0 Å². The zero-order chi connectivity index (χ0) is 26.3. The topological polar surface area (TPSA) is 224 Å². The van der Waals surface area contributed by atoms with Gasteiger partial charge < -0.3 is 54.8 Å². The molecule has 0 fully saturated rings. The maximum absolute atomic E-state index is 10.3. The maximum atomic E-state index is 10.3. The summed E-state index contributed by atoms with van der Waals surface area (Å²) in [6.07, 6.45) is -1.79. The normalized spacial score (nSPS) is 11.1. The zero-order valence-corrected chi connectivity index (χ0v) is 23.6. The summed E-state index contributed by atoms with van der Waals surface area (Å²) in [5.41, 5.74) is -2.97. The molecule has 1 heterocycles. The number of thioether (sulfide) groups is 1. The first kappa shape index (κ1) is 34.7. The number of nitro groups is 1. The SMILES string of the molecule is CN/C(=C\[N+](=O)[O-])NCCSCc1ccc(CN(C)C)o1.O=C([O-])CC(O)(CC(=O)[O-])C(=O)[O-].[Bi+3]. The van der Waals surface area contributed by atoms with Gasteiger partial charge in [0.2, 0.25) is 0 Å². The van der Waals surface area contributed by atoms with E-state index >= 15 is 0 Å². The van der Waals surface area contributed by atoms with Gasteiger partial charge in [-0.25, -0.2) is 0 Å². The number of carboxylic acid groups (broad SMARTS) is 3. The van der Waals surface area contributed by atoms with Crippen LogP contribution in [0.2, 0.25) is 0 Å². The number of carbonyl (C=O) groups excluding carboxylic acids is 3. The second-order valence-corrected chi connectivity index (χ2v) is 8.19. The van der Waals surface area contributed by atoms with E-state index in [1.54, 1.807) is 18.8 Å². The Morgan fingerprint density at radius 3 is 2.14 bits per heavy atom. The molecule has 0 aliphatic heterocycles. The standard InChI is InChI=1S/C13H22N4O3S.C6H8O7.Bi/c1-14-13(9-17(18)19)15-6-7-21-10-12-5-4-11(20-12)8-16(2)3;7-3(8)1-6(13,5(11)12)2-4(9)10;/h4-5,9,14-15H,6-8,10H2,1-3H3;13H,1-2H2,(H,7,8)(H,9,10)(H,11,12);/q;;+3/p-3/b13-9+;;. The van der Waals surface area contributed by atoms with E-state index in [9.17, 15) is 39.8 Å². The monoisotopic (exact) mass is 712 g/mol. The Morgan fingerprint density at radius 2 is 1.71 bits per heavy atom. The van der Waals surface area contributed by atoms with Crippen molar-refractivity contribution < 1.29 is 44.2 Å². The molecule has 0 unspecified atom stereocenters. The van der Waals surface area contributed by atoms with Crippen molar-refractivity contribution in [1.29, 1.82) is 0 Å². The minimum Gasteiger partial charge on any atom is -0.550 e. The first-order valence-electron chi connectivity index (χ1n) is 9.69. The number of rotatable bonds is 15. The Kier molecular flexibility index (Phi) is 17.8. The van der Waals surface area contributed by atoms with Crippen molar-refractivity contribution >= 4 is 55.9 Å². The number of aliphatic hydroxyl groups is 1. The second-order valence-electron chi connectivity index (χ2n) is 7.08. The van der Waals surface area contributed by atoms with Gasteiger partial charge in [0.15, 0.2) is 5.82 Å². The molecule has 2 radical (unpaired) electrons. The number of carbonyl (C=O) groups is 3. The summed E-state index contributed by atoms with van der Waals surface area (Å²) in [5.74, 6) is -2.04. The van der Waals surface area contributed by atoms with Crippen molar-refractivity contribution in [1.82, 2.24) is 15.5 Å². The van der Waals surface area contributed by atoms with Crippen LogP contribution in [0.1, 0.15) is 24.4 Å². The van der Waals surface area contributed by atoms with Gasteiger partial charge in [-0.2, -0.15) is 11.8 Å². The predicted octanol–water partition coefficient (Wildman–Crippen LogP) is -4.17. The van der Waals surface area contributed by atoms with E-state index in [2.05, 4.69) is 15.5 Å². The van der Waals surface area contributed by atoms with E-state index in [0.717, 1.165) is 35.8 Å². The molecule has 0 bridgehead atoms. The van der Waals surface area contributed by atoms with Gasteiger partial charge in [0.25, 0.3) is 6.20 Å². The Balaban J connectivity index is 0. The summed E-state index contributed by atoms with van der Waals surface area (Å²) in [6.45, 7) is 1.44. The van der Waals surface area contributed by atoms with Crippen LogP contribution < -0.4 is 26.0 Å². The van der Waals surface area contributed by atoms with Gasteiger partial charge in [-0.1, -0.05) is 0 Å². The Labute approximate surface area is 225 Å². The maximum Gasteiger partial charge on any atom is 3.00 e. The van der Waals surface area contributed by atoms with Crippen LogP contribution in [0, 0.1) is 10.1 Å². The minimum atomic E-state index is -2.97. The second kappa shape index (κ2) is 17.9. The fraction of sp³-hybridized carbons (Fsp3) is 0.526. The summed E-state index contributed by atoms with van der Waals surface area (Å²) >= 11 is 1.72. The molecule has 0 saturated heterocycles. The number of hydrogen-bond acceptors (Lipinski definition) is 14. The van der Waals surface area contributed by atoms with E-state index in [-0.39, 0.29) is 26.2 Å². The third kappa shape index (κ3) is 16.8. The minimum absolute atomic E-state index is 0. The molecular weight excluding hydrogens is 685 g/mol. The summed E-state index contributed by atoms with van der Waals surface area (Å²) in [5, 5.41) is 55.0. The van der Waals surface area contributed by atoms with E-state index in [4.69, 9.17) is 9.52 Å². The molecule has 35 heavy (non-hydrogen) atoms. The van der Waals surface area contributed by atoms with Gasteiger partial charge in [-0.3, -0.25) is 10.1 Å². The number of aliphatic carboxylic acids is 3. The molecular formula is C19H27BiN4O10S. The summed E-state index contributed by atoms with van der Waals surface area (Å²) in [6, 6.07) is 3.98. The largest absolute Gasteiger partial charge is 3.00 e. The molecule has 0 atom stereocenters. The summed E-state index contributed by atoms with van der Waals surface area (Å²) in [4.78, 5) is 41.9. The van der Waals surface area contributed by atoms with Crippen molar-refractivity contribution in [2.75, 3.05) is 33.4 Å². The zero-order valence-electron chi connectivity index (χ0n) is 19.3. The fourth-order valence-corrected chi connectivity index (χ4v) is 3.06. The molecule has 16 heteroatoms. The summed E-state index contributed by atoms with van der Waals surface area (Å²) < 4.78 is 5.70. The molecule has 14 nitrogen and oxygen atoms in total. The predicted molar refractivity (Wildman–Crippen MR) is 119 cm³/mol. The van der Waals surface area contributed by atoms with Crippen molar-refractivity contribution in [3.8, 4) is 0 Å². The van der Waals surface area contributed by atoms with Gasteiger partial charge in [0.1, 0.15) is 17.1 Å². The van der Waals surface area contributed by atoms with Crippen LogP contribution in [0.3, 0.4) is 0 Å². The molecule has 0 aromatic carbocycles. The Bertz CT molecular complexity index is 846. The van der Waals surface area contributed by atoms with Crippen LogP contribution in [-0.2, 0) is 26.7 Å². The van der Waals surface area contributed by atoms with Crippen LogP contribution in [0.25, 0.3) is 0 Å². The van der Waals surface area contributed by atoms with E-state index in [0.29, 0.717) is 12.4 Å². The first-order valence-corrected chi connectivity index (χ1v) is 10.8. The number of nitrogens with one attached hydrogen (secondary N) is 2. The fourth-order valence-electron chi connectivity index (χ4n) is 2.32. The third-order valence-electron chi connectivity index (χ3n) is 3.75. The molecule has 3 N–H and O–H groups in total. The van der Waals surface area contributed by atoms with Crippen LogP contribution >= 0.6 is 11.8 Å². The molecule has 1 aromatic rings. The Hall–Kier alpha value is -2.42. The molecule has 0 aliphatic carbocycles. The summed E-state index contributed by atoms with van der Waals surface area (Å²) in [7, 11) is 5.64. The molecule has 1 rings (SSSR count).